The van der Waals surface area contributed by atoms with Gasteiger partial charge in [-0.25, -0.2) is 9.97 Å². The zero-order valence-corrected chi connectivity index (χ0v) is 19.4. The first-order valence-corrected chi connectivity index (χ1v) is 12.1. The van der Waals surface area contributed by atoms with Gasteiger partial charge >= 0.3 is 6.18 Å². The van der Waals surface area contributed by atoms with Crippen molar-refractivity contribution in [2.45, 2.75) is 41.5 Å². The molecular weight excluding hydrogens is 475 g/mol. The molecule has 1 saturated heterocycles. The summed E-state index contributed by atoms with van der Waals surface area (Å²) < 4.78 is 42.2. The standard InChI is InChI=1S/C24H22F3N7S/c25-24(26,27)16-3-4-18(15-2-1-8-29-21(15)16)35-20-13-30-19(12-31-20)33-10-6-23(7-11-33)14-34-17(22(23)28)5-9-32-34/h1-5,8-9,12-13,22H,6-7,10-11,14,28H2/t22-/m1/s1. The van der Waals surface area contributed by atoms with E-state index in [9.17, 15) is 13.2 Å². The minimum Gasteiger partial charge on any atom is -0.355 e. The number of fused-ring (bicyclic) bond motifs is 2. The lowest BCUT2D eigenvalue weighted by Gasteiger charge is -2.41. The van der Waals surface area contributed by atoms with Crippen molar-refractivity contribution in [1.29, 1.82) is 0 Å². The Kier molecular flexibility index (Phi) is 5.22. The van der Waals surface area contributed by atoms with Gasteiger partial charge in [0.2, 0.25) is 0 Å². The van der Waals surface area contributed by atoms with Crippen molar-refractivity contribution >= 4 is 28.5 Å². The van der Waals surface area contributed by atoms with Gasteiger partial charge < -0.3 is 10.6 Å². The number of piperidine rings is 1. The maximum absolute atomic E-state index is 13.4. The summed E-state index contributed by atoms with van der Waals surface area (Å²) in [4.78, 5) is 16.0. The highest BCUT2D eigenvalue weighted by Crippen LogP contribution is 2.48. The molecule has 2 aliphatic heterocycles. The highest BCUT2D eigenvalue weighted by Gasteiger charge is 2.47. The van der Waals surface area contributed by atoms with Crippen LogP contribution >= 0.6 is 11.8 Å². The maximum Gasteiger partial charge on any atom is 0.418 e. The van der Waals surface area contributed by atoms with Crippen LogP contribution in [0.15, 0.2) is 65.0 Å². The van der Waals surface area contributed by atoms with Crippen LogP contribution in [0.2, 0.25) is 0 Å². The predicted octanol–water partition coefficient (Wildman–Crippen LogP) is 4.69. The Morgan fingerprint density at radius 2 is 1.83 bits per heavy atom. The van der Waals surface area contributed by atoms with E-state index in [1.165, 1.54) is 24.0 Å². The fourth-order valence-corrected chi connectivity index (χ4v) is 6.05. The fraction of sp³-hybridized carbons (Fsp3) is 0.333. The number of aromatic nitrogens is 5. The van der Waals surface area contributed by atoms with Crippen molar-refractivity contribution in [2.75, 3.05) is 18.0 Å². The van der Waals surface area contributed by atoms with Crippen molar-refractivity contribution in [2.24, 2.45) is 11.1 Å². The van der Waals surface area contributed by atoms with Gasteiger partial charge in [-0.1, -0.05) is 17.8 Å². The molecule has 3 aromatic heterocycles. The molecule has 5 heterocycles. The summed E-state index contributed by atoms with van der Waals surface area (Å²) in [5, 5.41) is 5.44. The molecule has 1 atom stereocenters. The summed E-state index contributed by atoms with van der Waals surface area (Å²) in [6.45, 7) is 2.51. The average Bonchev–Trinajstić information content (AvgIpc) is 3.40. The van der Waals surface area contributed by atoms with E-state index in [2.05, 4.69) is 25.0 Å². The quantitative estimate of drug-likeness (QED) is 0.439. The van der Waals surface area contributed by atoms with Gasteiger partial charge in [0.05, 0.1) is 35.2 Å². The molecular formula is C24H22F3N7S. The molecule has 7 nitrogen and oxygen atoms in total. The molecule has 35 heavy (non-hydrogen) atoms. The highest BCUT2D eigenvalue weighted by atomic mass is 32.2. The van der Waals surface area contributed by atoms with Gasteiger partial charge in [-0.15, -0.1) is 0 Å². The topological polar surface area (TPSA) is 85.8 Å². The summed E-state index contributed by atoms with van der Waals surface area (Å²) in [5.41, 5.74) is 6.90. The lowest BCUT2D eigenvalue weighted by atomic mass is 9.73. The van der Waals surface area contributed by atoms with E-state index in [1.807, 2.05) is 10.7 Å². The smallest absolute Gasteiger partial charge is 0.355 e. The Morgan fingerprint density at radius 1 is 1.00 bits per heavy atom. The van der Waals surface area contributed by atoms with Gasteiger partial charge in [0.15, 0.2) is 0 Å². The number of rotatable bonds is 3. The second-order valence-electron chi connectivity index (χ2n) is 9.06. The summed E-state index contributed by atoms with van der Waals surface area (Å²) in [7, 11) is 0. The number of benzene rings is 1. The molecule has 1 aromatic carbocycles. The minimum atomic E-state index is -4.47. The van der Waals surface area contributed by atoms with E-state index in [0.717, 1.165) is 50.1 Å². The van der Waals surface area contributed by atoms with E-state index in [4.69, 9.17) is 5.73 Å². The number of alkyl halides is 3. The van der Waals surface area contributed by atoms with E-state index < -0.39 is 11.7 Å². The van der Waals surface area contributed by atoms with Gasteiger partial charge in [-0.2, -0.15) is 18.3 Å². The molecule has 180 valence electrons. The number of pyridine rings is 1. The van der Waals surface area contributed by atoms with Crippen LogP contribution < -0.4 is 10.6 Å². The molecule has 0 amide bonds. The van der Waals surface area contributed by atoms with Gasteiger partial charge in [-0.05, 0) is 37.1 Å². The second-order valence-corrected chi connectivity index (χ2v) is 10.1. The minimum absolute atomic E-state index is 0.00921. The zero-order chi connectivity index (χ0) is 24.2. The third kappa shape index (κ3) is 3.82. The largest absolute Gasteiger partial charge is 0.418 e. The molecule has 2 aliphatic rings. The molecule has 1 fully saturated rings. The van der Waals surface area contributed by atoms with Crippen LogP contribution in [0.5, 0.6) is 0 Å². The van der Waals surface area contributed by atoms with E-state index in [1.54, 1.807) is 30.7 Å². The first-order valence-electron chi connectivity index (χ1n) is 11.3. The van der Waals surface area contributed by atoms with Crippen molar-refractivity contribution in [1.82, 2.24) is 24.7 Å². The van der Waals surface area contributed by atoms with Gasteiger partial charge in [0.25, 0.3) is 0 Å². The number of hydrogen-bond acceptors (Lipinski definition) is 7. The number of nitrogens with two attached hydrogens (primary N) is 1. The Bertz CT molecular complexity index is 1380. The SMILES string of the molecule is N[C@@H]1c2ccnn2CC12CCN(c1cnc(Sc3ccc(C(F)(F)F)c4ncccc34)cn1)CC2. The zero-order valence-electron chi connectivity index (χ0n) is 18.6. The Morgan fingerprint density at radius 3 is 2.54 bits per heavy atom. The number of hydrogen-bond donors (Lipinski definition) is 1. The van der Waals surface area contributed by atoms with Crippen LogP contribution in [-0.4, -0.2) is 37.8 Å². The molecule has 0 aliphatic carbocycles. The lowest BCUT2D eigenvalue weighted by Crippen LogP contribution is -2.45. The van der Waals surface area contributed by atoms with Gasteiger partial charge in [0, 0.05) is 47.7 Å². The first kappa shape index (κ1) is 22.3. The van der Waals surface area contributed by atoms with Crippen LogP contribution in [-0.2, 0) is 12.7 Å². The maximum atomic E-state index is 13.4. The van der Waals surface area contributed by atoms with E-state index >= 15 is 0 Å². The Labute approximate surface area is 203 Å². The average molecular weight is 498 g/mol. The molecule has 0 bridgehead atoms. The van der Waals surface area contributed by atoms with Crippen LogP contribution in [0, 0.1) is 5.41 Å². The van der Waals surface area contributed by atoms with Crippen LogP contribution in [0.1, 0.15) is 30.1 Å². The van der Waals surface area contributed by atoms with E-state index in [-0.39, 0.29) is 17.0 Å². The number of halogens is 3. The van der Waals surface area contributed by atoms with Crippen LogP contribution in [0.25, 0.3) is 10.9 Å². The van der Waals surface area contributed by atoms with Crippen LogP contribution in [0.4, 0.5) is 19.0 Å². The third-order valence-corrected chi connectivity index (χ3v) is 8.14. The second kappa shape index (κ2) is 8.20. The van der Waals surface area contributed by atoms with Crippen LogP contribution in [0.3, 0.4) is 0 Å². The predicted molar refractivity (Wildman–Crippen MR) is 126 cm³/mol. The molecule has 11 heteroatoms. The summed E-state index contributed by atoms with van der Waals surface area (Å²) >= 11 is 1.28. The lowest BCUT2D eigenvalue weighted by molar-refractivity contribution is -0.136. The molecule has 0 unspecified atom stereocenters. The first-order chi connectivity index (χ1) is 16.8. The van der Waals surface area contributed by atoms with Gasteiger partial charge in [-0.3, -0.25) is 9.67 Å². The van der Waals surface area contributed by atoms with E-state index in [0.29, 0.717) is 15.3 Å². The van der Waals surface area contributed by atoms with Crippen molar-refractivity contribution in [3.8, 4) is 0 Å². The van der Waals surface area contributed by atoms with Gasteiger partial charge in [0.1, 0.15) is 10.8 Å². The monoisotopic (exact) mass is 497 g/mol. The highest BCUT2D eigenvalue weighted by molar-refractivity contribution is 7.99. The van der Waals surface area contributed by atoms with Crippen molar-refractivity contribution < 1.29 is 13.2 Å². The summed E-state index contributed by atoms with van der Waals surface area (Å²) in [5.74, 6) is 0.785. The molecule has 0 radical (unpaired) electrons. The normalized spacial score (nSPS) is 19.4. The summed E-state index contributed by atoms with van der Waals surface area (Å²) in [6.07, 6.45) is 3.99. The molecule has 6 rings (SSSR count). The third-order valence-electron chi connectivity index (χ3n) is 7.14. The summed E-state index contributed by atoms with van der Waals surface area (Å²) in [6, 6.07) is 7.81. The molecule has 2 N–H and O–H groups in total. The molecule has 4 aromatic rings. The molecule has 0 saturated carbocycles. The molecule has 1 spiro atoms. The number of nitrogens with zero attached hydrogens (tertiary/aromatic N) is 6. The Balaban J connectivity index is 1.17. The number of anilines is 1. The fourth-order valence-electron chi connectivity index (χ4n) is 5.20. The Hall–Kier alpha value is -3.18. The van der Waals surface area contributed by atoms with Crippen molar-refractivity contribution in [3.05, 3.63) is 66.4 Å². The van der Waals surface area contributed by atoms with Crippen molar-refractivity contribution in [3.63, 3.8) is 0 Å².